The van der Waals surface area contributed by atoms with E-state index in [0.29, 0.717) is 18.2 Å². The van der Waals surface area contributed by atoms with Crippen LogP contribution in [0.5, 0.6) is 0 Å². The fourth-order valence-corrected chi connectivity index (χ4v) is 2.79. The molecule has 0 spiro atoms. The lowest BCUT2D eigenvalue weighted by molar-refractivity contribution is -0.125. The molecule has 2 aliphatic rings. The van der Waals surface area contributed by atoms with Gasteiger partial charge in [-0.2, -0.15) is 0 Å². The Bertz CT molecular complexity index is 200. The molecule has 2 atom stereocenters. The average molecular weight is 187 g/mol. The van der Waals surface area contributed by atoms with Crippen molar-refractivity contribution in [2.45, 2.75) is 24.5 Å². The summed E-state index contributed by atoms with van der Waals surface area (Å²) >= 11 is 1.40. The lowest BCUT2D eigenvalue weighted by Crippen LogP contribution is -2.48. The van der Waals surface area contributed by atoms with E-state index in [-0.39, 0.29) is 11.7 Å². The second-order valence-electron chi connectivity index (χ2n) is 3.27. The highest BCUT2D eigenvalue weighted by Gasteiger charge is 2.34. The van der Waals surface area contributed by atoms with Crippen molar-refractivity contribution >= 4 is 17.7 Å². The number of nitrogens with zero attached hydrogens (tertiary/aromatic N) is 1. The van der Waals surface area contributed by atoms with Crippen LogP contribution in [-0.2, 0) is 4.79 Å². The summed E-state index contributed by atoms with van der Waals surface area (Å²) in [6, 6.07) is 0. The zero-order valence-corrected chi connectivity index (χ0v) is 7.47. The molecule has 1 saturated carbocycles. The largest absolute Gasteiger partial charge is 0.771 e. The molecule has 2 rings (SSSR count). The summed E-state index contributed by atoms with van der Waals surface area (Å²) in [7, 11) is 0. The molecule has 5 heteroatoms. The minimum Gasteiger partial charge on any atom is -0.771 e. The number of hydroxylamine groups is 1. The molecule has 0 bridgehead atoms. The monoisotopic (exact) mass is 187 g/mol. The lowest BCUT2D eigenvalue weighted by atomic mass is 9.87. The summed E-state index contributed by atoms with van der Waals surface area (Å²) < 4.78 is 0. The number of ketones is 1. The SMILES string of the molecule is O=C1CCCC2SNN([O-])CC12. The van der Waals surface area contributed by atoms with Gasteiger partial charge in [-0.1, -0.05) is 11.9 Å². The smallest absolute Gasteiger partial charge is 0.138 e. The molecule has 0 radical (unpaired) electrons. The van der Waals surface area contributed by atoms with Crippen LogP contribution >= 0.6 is 11.9 Å². The van der Waals surface area contributed by atoms with E-state index >= 15 is 0 Å². The van der Waals surface area contributed by atoms with Gasteiger partial charge in [-0.15, -0.1) is 0 Å². The van der Waals surface area contributed by atoms with Crippen LogP contribution < -0.4 is 4.83 Å². The van der Waals surface area contributed by atoms with E-state index in [2.05, 4.69) is 4.83 Å². The van der Waals surface area contributed by atoms with Gasteiger partial charge in [-0.05, 0) is 12.8 Å². The molecule has 68 valence electrons. The van der Waals surface area contributed by atoms with Crippen LogP contribution in [0.4, 0.5) is 0 Å². The Morgan fingerprint density at radius 3 is 3.33 bits per heavy atom. The average Bonchev–Trinajstić information content (AvgIpc) is 2.07. The Kier molecular flexibility index (Phi) is 2.36. The molecule has 0 aromatic carbocycles. The van der Waals surface area contributed by atoms with Gasteiger partial charge in [-0.25, -0.2) is 4.83 Å². The number of nitrogens with one attached hydrogen (secondary N) is 1. The van der Waals surface area contributed by atoms with Gasteiger partial charge in [0.25, 0.3) is 0 Å². The minimum atomic E-state index is -0.0255. The summed E-state index contributed by atoms with van der Waals surface area (Å²) in [5.74, 6) is 0.239. The Balaban J connectivity index is 2.05. The van der Waals surface area contributed by atoms with Crippen LogP contribution in [0.2, 0.25) is 0 Å². The van der Waals surface area contributed by atoms with E-state index < -0.39 is 0 Å². The van der Waals surface area contributed by atoms with Gasteiger partial charge in [0.05, 0.1) is 0 Å². The quantitative estimate of drug-likeness (QED) is 0.565. The first-order chi connectivity index (χ1) is 5.77. The molecule has 2 fully saturated rings. The predicted octanol–water partition coefficient (Wildman–Crippen LogP) is 0.690. The van der Waals surface area contributed by atoms with Crippen LogP contribution in [0.15, 0.2) is 0 Å². The molecule has 2 unspecified atom stereocenters. The topological polar surface area (TPSA) is 55.4 Å². The number of carbonyl (C=O) groups excluding carboxylic acids is 1. The highest BCUT2D eigenvalue weighted by molar-refractivity contribution is 7.98. The summed E-state index contributed by atoms with van der Waals surface area (Å²) in [4.78, 5) is 14.0. The van der Waals surface area contributed by atoms with Gasteiger partial charge in [0.15, 0.2) is 0 Å². The van der Waals surface area contributed by atoms with Crippen LogP contribution in [0.25, 0.3) is 0 Å². The van der Waals surface area contributed by atoms with E-state index in [1.165, 1.54) is 11.9 Å². The van der Waals surface area contributed by atoms with Crippen molar-refractivity contribution < 1.29 is 4.79 Å². The zero-order valence-electron chi connectivity index (χ0n) is 6.66. The van der Waals surface area contributed by atoms with Crippen molar-refractivity contribution in [3.63, 3.8) is 0 Å². The third-order valence-corrected chi connectivity index (χ3v) is 3.62. The van der Waals surface area contributed by atoms with Crippen molar-refractivity contribution in [1.82, 2.24) is 10.0 Å². The van der Waals surface area contributed by atoms with E-state index in [1.807, 2.05) is 0 Å². The first-order valence-corrected chi connectivity index (χ1v) is 5.04. The van der Waals surface area contributed by atoms with E-state index in [1.54, 1.807) is 0 Å². The Labute approximate surface area is 75.4 Å². The van der Waals surface area contributed by atoms with Gasteiger partial charge < -0.3 is 10.4 Å². The van der Waals surface area contributed by atoms with Crippen LogP contribution in [-0.4, -0.2) is 22.8 Å². The Hall–Kier alpha value is -0.100. The maximum absolute atomic E-state index is 11.4. The minimum absolute atomic E-state index is 0.0255. The molecule has 0 amide bonds. The van der Waals surface area contributed by atoms with Crippen LogP contribution in [0.3, 0.4) is 0 Å². The standard InChI is InChI=1S/C7H11N2O2S/c10-6-2-1-3-7-5(6)4-9(11)8-12-7/h5,7-8H,1-4H2/q-1. The normalized spacial score (nSPS) is 37.9. The highest BCUT2D eigenvalue weighted by Crippen LogP contribution is 2.33. The maximum atomic E-state index is 11.4. The van der Waals surface area contributed by atoms with Crippen molar-refractivity contribution in [2.75, 3.05) is 6.54 Å². The highest BCUT2D eigenvalue weighted by atomic mass is 32.2. The molecule has 0 aromatic rings. The number of hydrogen-bond acceptors (Lipinski definition) is 5. The van der Waals surface area contributed by atoms with E-state index in [4.69, 9.17) is 0 Å². The second-order valence-corrected chi connectivity index (χ2v) is 4.30. The van der Waals surface area contributed by atoms with Crippen LogP contribution in [0, 0.1) is 11.1 Å². The zero-order chi connectivity index (χ0) is 8.55. The molecule has 4 nitrogen and oxygen atoms in total. The number of rotatable bonds is 0. The van der Waals surface area contributed by atoms with Crippen molar-refractivity contribution in [3.8, 4) is 0 Å². The number of carbonyl (C=O) groups is 1. The van der Waals surface area contributed by atoms with Crippen LogP contribution in [0.1, 0.15) is 19.3 Å². The van der Waals surface area contributed by atoms with E-state index in [0.717, 1.165) is 18.0 Å². The molecular formula is C7H11N2O2S-. The summed E-state index contributed by atoms with van der Waals surface area (Å²) in [5.41, 5.74) is 0. The first-order valence-electron chi connectivity index (χ1n) is 4.16. The molecule has 0 aromatic heterocycles. The van der Waals surface area contributed by atoms with Crippen molar-refractivity contribution in [2.24, 2.45) is 5.92 Å². The molecule has 1 saturated heterocycles. The molecule has 12 heavy (non-hydrogen) atoms. The number of hydrazine groups is 1. The number of Topliss-reactive ketones (excluding diaryl/α,β-unsaturated/α-hetero) is 1. The maximum Gasteiger partial charge on any atom is 0.138 e. The number of fused-ring (bicyclic) bond motifs is 1. The molecule has 1 N–H and O–H groups in total. The third kappa shape index (κ3) is 1.50. The molecule has 1 heterocycles. The fraction of sp³-hybridized carbons (Fsp3) is 0.857. The summed E-state index contributed by atoms with van der Waals surface area (Å²) in [5, 5.41) is 12.0. The molecule has 1 aliphatic carbocycles. The second kappa shape index (κ2) is 3.33. The van der Waals surface area contributed by atoms with Gasteiger partial charge in [0.2, 0.25) is 0 Å². The first kappa shape index (κ1) is 8.50. The van der Waals surface area contributed by atoms with Crippen molar-refractivity contribution in [1.29, 1.82) is 0 Å². The Morgan fingerprint density at radius 1 is 1.67 bits per heavy atom. The van der Waals surface area contributed by atoms with E-state index in [9.17, 15) is 10.0 Å². The third-order valence-electron chi connectivity index (χ3n) is 2.44. The van der Waals surface area contributed by atoms with Gasteiger partial charge >= 0.3 is 0 Å². The summed E-state index contributed by atoms with van der Waals surface area (Å²) in [6.07, 6.45) is 2.70. The predicted molar refractivity (Wildman–Crippen MR) is 46.9 cm³/mol. The van der Waals surface area contributed by atoms with Crippen molar-refractivity contribution in [3.05, 3.63) is 5.21 Å². The van der Waals surface area contributed by atoms with Gasteiger partial charge in [-0.3, -0.25) is 4.79 Å². The van der Waals surface area contributed by atoms with Gasteiger partial charge in [0, 0.05) is 24.1 Å². The molecule has 1 aliphatic heterocycles. The lowest BCUT2D eigenvalue weighted by Gasteiger charge is -2.42. The fourth-order valence-electron chi connectivity index (χ4n) is 1.77. The Morgan fingerprint density at radius 2 is 2.50 bits per heavy atom. The number of hydrogen-bond donors (Lipinski definition) is 1. The molecular weight excluding hydrogens is 176 g/mol. The summed E-state index contributed by atoms with van der Waals surface area (Å²) in [6.45, 7) is 0.330. The van der Waals surface area contributed by atoms with Gasteiger partial charge in [0.1, 0.15) is 5.78 Å².